The lowest BCUT2D eigenvalue weighted by molar-refractivity contribution is 0.0999. The first-order chi connectivity index (χ1) is 9.90. The monoisotopic (exact) mass is 311 g/mol. The van der Waals surface area contributed by atoms with Crippen molar-refractivity contribution in [3.8, 4) is 0 Å². The summed E-state index contributed by atoms with van der Waals surface area (Å²) < 4.78 is 27.0. The van der Waals surface area contributed by atoms with Crippen LogP contribution in [-0.4, -0.2) is 34.0 Å². The second kappa shape index (κ2) is 6.55. The van der Waals surface area contributed by atoms with Crippen LogP contribution in [0.3, 0.4) is 0 Å². The van der Waals surface area contributed by atoms with Gasteiger partial charge >= 0.3 is 0 Å². The van der Waals surface area contributed by atoms with Crippen molar-refractivity contribution in [2.24, 2.45) is 11.7 Å². The van der Waals surface area contributed by atoms with Gasteiger partial charge in [0.25, 0.3) is 0 Å². The van der Waals surface area contributed by atoms with Crippen LogP contribution in [0.15, 0.2) is 23.1 Å². The number of rotatable bonds is 6. The molecule has 2 rings (SSSR count). The largest absolute Gasteiger partial charge is 0.366 e. The Morgan fingerprint density at radius 3 is 2.86 bits per heavy atom. The predicted octanol–water partition coefficient (Wildman–Crippen LogP) is 0.372. The Bertz CT molecular complexity index is 622. The Hall–Kier alpha value is -1.44. The highest BCUT2D eigenvalue weighted by molar-refractivity contribution is 7.89. The third-order valence-electron chi connectivity index (χ3n) is 3.79. The van der Waals surface area contributed by atoms with Crippen molar-refractivity contribution < 1.29 is 13.2 Å². The number of carbonyl (C=O) groups excluding carboxylic acids is 1. The zero-order chi connectivity index (χ0) is 15.5. The van der Waals surface area contributed by atoms with Crippen molar-refractivity contribution in [2.75, 3.05) is 19.6 Å². The van der Waals surface area contributed by atoms with Gasteiger partial charge in [0.15, 0.2) is 0 Å². The van der Waals surface area contributed by atoms with Gasteiger partial charge in [-0.05, 0) is 56.5 Å². The highest BCUT2D eigenvalue weighted by Gasteiger charge is 2.19. The van der Waals surface area contributed by atoms with Crippen LogP contribution in [0.1, 0.15) is 28.8 Å². The molecule has 116 valence electrons. The Kier molecular flexibility index (Phi) is 4.97. The fourth-order valence-electron chi connectivity index (χ4n) is 2.48. The highest BCUT2D eigenvalue weighted by Crippen LogP contribution is 2.16. The zero-order valence-corrected chi connectivity index (χ0v) is 12.9. The molecule has 7 heteroatoms. The normalized spacial score (nSPS) is 18.8. The number of hydrogen-bond acceptors (Lipinski definition) is 4. The summed E-state index contributed by atoms with van der Waals surface area (Å²) >= 11 is 0. The number of amides is 1. The first-order valence-corrected chi connectivity index (χ1v) is 8.49. The molecule has 1 aromatic rings. The summed E-state index contributed by atoms with van der Waals surface area (Å²) in [6.45, 7) is 4.06. The number of nitrogens with two attached hydrogens (primary N) is 1. The van der Waals surface area contributed by atoms with Crippen LogP contribution in [0.25, 0.3) is 0 Å². The van der Waals surface area contributed by atoms with Crippen molar-refractivity contribution in [2.45, 2.75) is 24.7 Å². The van der Waals surface area contributed by atoms with E-state index in [2.05, 4.69) is 10.0 Å². The Morgan fingerprint density at radius 2 is 2.24 bits per heavy atom. The number of aryl methyl sites for hydroxylation is 1. The number of benzene rings is 1. The molecule has 1 amide bonds. The van der Waals surface area contributed by atoms with Crippen molar-refractivity contribution >= 4 is 15.9 Å². The fourth-order valence-corrected chi connectivity index (χ4v) is 3.55. The molecule has 1 heterocycles. The molecule has 0 saturated carbocycles. The van der Waals surface area contributed by atoms with Crippen molar-refractivity contribution in [1.82, 2.24) is 10.0 Å². The van der Waals surface area contributed by atoms with Gasteiger partial charge in [0.1, 0.15) is 0 Å². The zero-order valence-electron chi connectivity index (χ0n) is 12.1. The molecule has 21 heavy (non-hydrogen) atoms. The van der Waals surface area contributed by atoms with E-state index in [0.717, 1.165) is 25.9 Å². The lowest BCUT2D eigenvalue weighted by Crippen LogP contribution is -2.27. The second-order valence-corrected chi connectivity index (χ2v) is 7.15. The van der Waals surface area contributed by atoms with Crippen LogP contribution in [-0.2, 0) is 10.0 Å². The summed E-state index contributed by atoms with van der Waals surface area (Å²) in [4.78, 5) is 11.4. The minimum atomic E-state index is -3.60. The minimum absolute atomic E-state index is 0.0754. The van der Waals surface area contributed by atoms with E-state index in [1.165, 1.54) is 12.1 Å². The molecular weight excluding hydrogens is 290 g/mol. The van der Waals surface area contributed by atoms with Gasteiger partial charge in [-0.1, -0.05) is 6.07 Å². The average molecular weight is 311 g/mol. The summed E-state index contributed by atoms with van der Waals surface area (Å²) in [5.74, 6) is -0.103. The maximum atomic E-state index is 12.2. The molecule has 1 aromatic carbocycles. The SMILES string of the molecule is Cc1ccc(S(=O)(=O)NCCC2CCNC2)cc1C(N)=O. The molecule has 0 spiro atoms. The van der Waals surface area contributed by atoms with E-state index in [4.69, 9.17) is 5.73 Å². The van der Waals surface area contributed by atoms with Crippen LogP contribution >= 0.6 is 0 Å². The summed E-state index contributed by atoms with van der Waals surface area (Å²) in [6.07, 6.45) is 1.89. The molecule has 0 bridgehead atoms. The van der Waals surface area contributed by atoms with Gasteiger partial charge < -0.3 is 11.1 Å². The van der Waals surface area contributed by atoms with Gasteiger partial charge in [0, 0.05) is 12.1 Å². The van der Waals surface area contributed by atoms with E-state index in [-0.39, 0.29) is 10.5 Å². The van der Waals surface area contributed by atoms with Crippen LogP contribution in [0.4, 0.5) is 0 Å². The molecule has 6 nitrogen and oxygen atoms in total. The smallest absolute Gasteiger partial charge is 0.249 e. The molecule has 0 aromatic heterocycles. The standard InChI is InChI=1S/C14H21N3O3S/c1-10-2-3-12(8-13(10)14(15)18)21(19,20)17-7-5-11-4-6-16-9-11/h2-3,8,11,16-17H,4-7,9H2,1H3,(H2,15,18). The number of sulfonamides is 1. The van der Waals surface area contributed by atoms with E-state index in [1.54, 1.807) is 13.0 Å². The van der Waals surface area contributed by atoms with Crippen molar-refractivity contribution in [1.29, 1.82) is 0 Å². The Labute approximate surface area is 125 Å². The maximum Gasteiger partial charge on any atom is 0.249 e. The van der Waals surface area contributed by atoms with Gasteiger partial charge in [-0.3, -0.25) is 4.79 Å². The molecule has 1 fully saturated rings. The van der Waals surface area contributed by atoms with Crippen LogP contribution < -0.4 is 15.8 Å². The summed E-state index contributed by atoms with van der Waals surface area (Å²) in [5, 5.41) is 3.25. The van der Waals surface area contributed by atoms with Crippen LogP contribution in [0, 0.1) is 12.8 Å². The predicted molar refractivity (Wildman–Crippen MR) is 80.5 cm³/mol. The van der Waals surface area contributed by atoms with Gasteiger partial charge in [-0.15, -0.1) is 0 Å². The van der Waals surface area contributed by atoms with Crippen molar-refractivity contribution in [3.63, 3.8) is 0 Å². The van der Waals surface area contributed by atoms with Crippen LogP contribution in [0.2, 0.25) is 0 Å². The topological polar surface area (TPSA) is 101 Å². The lowest BCUT2D eigenvalue weighted by atomic mass is 10.1. The van der Waals surface area contributed by atoms with E-state index >= 15 is 0 Å². The molecule has 4 N–H and O–H groups in total. The molecule has 1 aliphatic heterocycles. The van der Waals surface area contributed by atoms with Crippen LogP contribution in [0.5, 0.6) is 0 Å². The highest BCUT2D eigenvalue weighted by atomic mass is 32.2. The number of nitrogens with one attached hydrogen (secondary N) is 2. The molecular formula is C14H21N3O3S. The van der Waals surface area contributed by atoms with E-state index in [0.29, 0.717) is 18.0 Å². The molecule has 0 aliphatic carbocycles. The molecule has 1 unspecified atom stereocenters. The van der Waals surface area contributed by atoms with Gasteiger partial charge in [-0.25, -0.2) is 13.1 Å². The van der Waals surface area contributed by atoms with Gasteiger partial charge in [0.2, 0.25) is 15.9 Å². The summed E-state index contributed by atoms with van der Waals surface area (Å²) in [7, 11) is -3.60. The number of carbonyl (C=O) groups is 1. The lowest BCUT2D eigenvalue weighted by Gasteiger charge is -2.11. The molecule has 1 aliphatic rings. The second-order valence-electron chi connectivity index (χ2n) is 5.39. The minimum Gasteiger partial charge on any atom is -0.366 e. The van der Waals surface area contributed by atoms with Gasteiger partial charge in [0.05, 0.1) is 4.90 Å². The van der Waals surface area contributed by atoms with E-state index < -0.39 is 15.9 Å². The first-order valence-electron chi connectivity index (χ1n) is 7.01. The Balaban J connectivity index is 2.04. The first kappa shape index (κ1) is 15.9. The molecule has 1 atom stereocenters. The third-order valence-corrected chi connectivity index (χ3v) is 5.25. The van der Waals surface area contributed by atoms with Gasteiger partial charge in [-0.2, -0.15) is 0 Å². The van der Waals surface area contributed by atoms with E-state index in [1.807, 2.05) is 0 Å². The summed E-state index contributed by atoms with van der Waals surface area (Å²) in [5.41, 5.74) is 6.15. The number of primary amides is 1. The van der Waals surface area contributed by atoms with E-state index in [9.17, 15) is 13.2 Å². The third kappa shape index (κ3) is 4.03. The average Bonchev–Trinajstić information content (AvgIpc) is 2.91. The van der Waals surface area contributed by atoms with Crippen molar-refractivity contribution in [3.05, 3.63) is 29.3 Å². The quantitative estimate of drug-likeness (QED) is 0.706. The Morgan fingerprint density at radius 1 is 1.48 bits per heavy atom. The maximum absolute atomic E-state index is 12.2. The molecule has 0 radical (unpaired) electrons. The number of hydrogen-bond donors (Lipinski definition) is 3. The molecule has 1 saturated heterocycles. The summed E-state index contributed by atoms with van der Waals surface area (Å²) in [6, 6.07) is 4.41. The fraction of sp³-hybridized carbons (Fsp3) is 0.500.